The summed E-state index contributed by atoms with van der Waals surface area (Å²) in [6.07, 6.45) is 12.6. The Morgan fingerprint density at radius 2 is 2.00 bits per heavy atom. The molecule has 4 heteroatoms. The Balaban J connectivity index is 3.19. The zero-order chi connectivity index (χ0) is 24.1. The molecule has 1 heterocycles. The van der Waals surface area contributed by atoms with E-state index in [9.17, 15) is 5.11 Å². The van der Waals surface area contributed by atoms with Gasteiger partial charge >= 0.3 is 0 Å². The molecule has 4 nitrogen and oxygen atoms in total. The predicted molar refractivity (Wildman–Crippen MR) is 139 cm³/mol. The standard InChI is InChI=1S/C28H48N2O2/c1-9-15-24(17-13-12-16-22(4)21-31)25(11-3)29-27-23(10-2)20-26(30(27)7)28(5,6)18-14-19-32-8/h11,15,20,22,31H,3,9-10,12-14,16-19,21H2,1-2,4-8H3/b24-15+,29-25+. The third kappa shape index (κ3) is 8.37. The normalized spacial score (nSPS) is 14.1. The highest BCUT2D eigenvalue weighted by atomic mass is 16.5. The van der Waals surface area contributed by atoms with Crippen molar-refractivity contribution in [3.63, 3.8) is 0 Å². The first-order chi connectivity index (χ1) is 15.2. The van der Waals surface area contributed by atoms with Gasteiger partial charge in [0.05, 0.1) is 5.71 Å². The molecule has 0 spiro atoms. The van der Waals surface area contributed by atoms with Crippen molar-refractivity contribution >= 4 is 11.5 Å². The van der Waals surface area contributed by atoms with E-state index in [4.69, 9.17) is 9.73 Å². The Kier molecular flexibility index (Phi) is 12.9. The monoisotopic (exact) mass is 444 g/mol. The number of aliphatic hydroxyl groups excluding tert-OH is 1. The molecule has 0 aliphatic carbocycles. The first kappa shape index (κ1) is 28.4. The minimum atomic E-state index is 0.0603. The molecule has 0 aliphatic rings. The molecule has 0 saturated heterocycles. The number of methoxy groups -OCH3 is 1. The SMILES string of the molecule is C=CC(=N\c1c(CC)cc(C(C)(C)CCCOC)n1C)/C(=C/CC)CCCCC(C)CO. The van der Waals surface area contributed by atoms with Gasteiger partial charge in [-0.15, -0.1) is 0 Å². The molecule has 1 aromatic heterocycles. The molecular formula is C28H48N2O2. The molecule has 0 saturated carbocycles. The summed E-state index contributed by atoms with van der Waals surface area (Å²) in [5, 5.41) is 9.26. The molecule has 1 unspecified atom stereocenters. The van der Waals surface area contributed by atoms with Crippen LogP contribution < -0.4 is 0 Å². The first-order valence-electron chi connectivity index (χ1n) is 12.4. The summed E-state index contributed by atoms with van der Waals surface area (Å²) in [4.78, 5) is 5.16. The maximum atomic E-state index is 9.26. The highest BCUT2D eigenvalue weighted by molar-refractivity contribution is 6.09. The molecule has 1 N–H and O–H groups in total. The zero-order valence-corrected chi connectivity index (χ0v) is 21.8. The van der Waals surface area contributed by atoms with Gasteiger partial charge in [-0.3, -0.25) is 0 Å². The van der Waals surface area contributed by atoms with E-state index in [0.29, 0.717) is 5.92 Å². The van der Waals surface area contributed by atoms with Crippen LogP contribution in [0.3, 0.4) is 0 Å². The van der Waals surface area contributed by atoms with E-state index in [0.717, 1.165) is 69.5 Å². The van der Waals surface area contributed by atoms with Gasteiger partial charge in [0.1, 0.15) is 5.82 Å². The number of ether oxygens (including phenoxy) is 1. The maximum Gasteiger partial charge on any atom is 0.136 e. The maximum absolute atomic E-state index is 9.26. The Bertz CT molecular complexity index is 756. The second-order valence-electron chi connectivity index (χ2n) is 9.64. The van der Waals surface area contributed by atoms with E-state index in [1.165, 1.54) is 16.8 Å². The lowest BCUT2D eigenvalue weighted by atomic mass is 9.84. The molecule has 0 radical (unpaired) electrons. The number of hydrogen-bond donors (Lipinski definition) is 1. The van der Waals surface area contributed by atoms with Crippen LogP contribution in [0.25, 0.3) is 0 Å². The largest absolute Gasteiger partial charge is 0.396 e. The van der Waals surface area contributed by atoms with Crippen LogP contribution in [0.1, 0.15) is 90.8 Å². The summed E-state index contributed by atoms with van der Waals surface area (Å²) in [5.41, 5.74) is 4.94. The number of aliphatic hydroxyl groups is 1. The fourth-order valence-electron chi connectivity index (χ4n) is 4.34. The van der Waals surface area contributed by atoms with Crippen LogP contribution in [0.4, 0.5) is 5.82 Å². The van der Waals surface area contributed by atoms with Crippen molar-refractivity contribution in [3.8, 4) is 0 Å². The van der Waals surface area contributed by atoms with Gasteiger partial charge in [0, 0.05) is 38.5 Å². The van der Waals surface area contributed by atoms with Crippen molar-refractivity contribution in [1.29, 1.82) is 0 Å². The number of rotatable bonds is 16. The zero-order valence-electron chi connectivity index (χ0n) is 21.8. The summed E-state index contributed by atoms with van der Waals surface area (Å²) in [6, 6.07) is 2.34. The van der Waals surface area contributed by atoms with Gasteiger partial charge in [0.25, 0.3) is 0 Å². The van der Waals surface area contributed by atoms with E-state index in [-0.39, 0.29) is 12.0 Å². The van der Waals surface area contributed by atoms with Crippen LogP contribution in [0.15, 0.2) is 35.4 Å². The van der Waals surface area contributed by atoms with Gasteiger partial charge in [-0.05, 0) is 74.1 Å². The molecule has 32 heavy (non-hydrogen) atoms. The van der Waals surface area contributed by atoms with Crippen molar-refractivity contribution in [3.05, 3.63) is 41.6 Å². The van der Waals surface area contributed by atoms with Crippen LogP contribution >= 0.6 is 0 Å². The molecule has 0 fully saturated rings. The number of allylic oxidation sites excluding steroid dienone is 3. The molecule has 0 aromatic carbocycles. The van der Waals surface area contributed by atoms with Gasteiger partial charge in [0.2, 0.25) is 0 Å². The van der Waals surface area contributed by atoms with Crippen molar-refractivity contribution in [1.82, 2.24) is 4.57 Å². The minimum absolute atomic E-state index is 0.0603. The van der Waals surface area contributed by atoms with E-state index in [1.807, 2.05) is 6.08 Å². The van der Waals surface area contributed by atoms with Gasteiger partial charge in [-0.2, -0.15) is 0 Å². The quantitative estimate of drug-likeness (QED) is 0.219. The van der Waals surface area contributed by atoms with Crippen molar-refractivity contribution in [2.45, 2.75) is 91.4 Å². The third-order valence-electron chi connectivity index (χ3n) is 6.41. The van der Waals surface area contributed by atoms with Crippen molar-refractivity contribution in [2.24, 2.45) is 18.0 Å². The number of unbranched alkanes of at least 4 members (excludes halogenated alkanes) is 1. The van der Waals surface area contributed by atoms with Crippen LogP contribution in [-0.2, 0) is 23.6 Å². The fraction of sp³-hybridized carbons (Fsp3) is 0.679. The number of nitrogens with zero attached hydrogens (tertiary/aromatic N) is 2. The van der Waals surface area contributed by atoms with E-state index >= 15 is 0 Å². The summed E-state index contributed by atoms with van der Waals surface area (Å²) < 4.78 is 7.55. The lowest BCUT2D eigenvalue weighted by Crippen LogP contribution is -2.21. The highest BCUT2D eigenvalue weighted by Gasteiger charge is 2.26. The van der Waals surface area contributed by atoms with Gasteiger partial charge in [0.15, 0.2) is 0 Å². The Labute approximate surface area is 197 Å². The molecule has 1 rings (SSSR count). The summed E-state index contributed by atoms with van der Waals surface area (Å²) in [6.45, 7) is 16.3. The Hall–Kier alpha value is -1.65. The molecule has 0 aliphatic heterocycles. The molecule has 182 valence electrons. The van der Waals surface area contributed by atoms with E-state index in [2.05, 4.69) is 65.0 Å². The number of aliphatic imine (C=N–C) groups is 1. The average Bonchev–Trinajstić information content (AvgIpc) is 3.10. The summed E-state index contributed by atoms with van der Waals surface area (Å²) in [5.74, 6) is 1.43. The number of aromatic nitrogens is 1. The highest BCUT2D eigenvalue weighted by Crippen LogP contribution is 2.35. The molecular weight excluding hydrogens is 396 g/mol. The lowest BCUT2D eigenvalue weighted by Gasteiger charge is -2.26. The van der Waals surface area contributed by atoms with Gasteiger partial charge in [-0.1, -0.05) is 53.7 Å². The van der Waals surface area contributed by atoms with Crippen LogP contribution in [0.5, 0.6) is 0 Å². The fourth-order valence-corrected chi connectivity index (χ4v) is 4.34. The summed E-state index contributed by atoms with van der Waals surface area (Å²) in [7, 11) is 3.91. The Morgan fingerprint density at radius 3 is 2.56 bits per heavy atom. The second-order valence-corrected chi connectivity index (χ2v) is 9.64. The molecule has 0 bridgehead atoms. The van der Waals surface area contributed by atoms with Crippen LogP contribution in [0.2, 0.25) is 0 Å². The molecule has 0 amide bonds. The third-order valence-corrected chi connectivity index (χ3v) is 6.41. The van der Waals surface area contributed by atoms with Gasteiger partial charge in [-0.25, -0.2) is 4.99 Å². The van der Waals surface area contributed by atoms with Gasteiger partial charge < -0.3 is 14.4 Å². The Morgan fingerprint density at radius 1 is 1.28 bits per heavy atom. The molecule has 1 atom stereocenters. The first-order valence-corrected chi connectivity index (χ1v) is 12.4. The molecule has 1 aromatic rings. The smallest absolute Gasteiger partial charge is 0.136 e. The van der Waals surface area contributed by atoms with E-state index in [1.54, 1.807) is 7.11 Å². The topological polar surface area (TPSA) is 46.8 Å². The average molecular weight is 445 g/mol. The minimum Gasteiger partial charge on any atom is -0.396 e. The van der Waals surface area contributed by atoms with Crippen LogP contribution in [-0.4, -0.2) is 35.7 Å². The van der Waals surface area contributed by atoms with Crippen molar-refractivity contribution in [2.75, 3.05) is 20.3 Å². The van der Waals surface area contributed by atoms with Crippen LogP contribution in [0, 0.1) is 5.92 Å². The number of hydrogen-bond acceptors (Lipinski definition) is 3. The van der Waals surface area contributed by atoms with E-state index < -0.39 is 0 Å². The lowest BCUT2D eigenvalue weighted by molar-refractivity contribution is 0.185. The van der Waals surface area contributed by atoms with Crippen molar-refractivity contribution < 1.29 is 9.84 Å². The summed E-state index contributed by atoms with van der Waals surface area (Å²) >= 11 is 0. The predicted octanol–water partition coefficient (Wildman–Crippen LogP) is 7.08. The number of aryl methyl sites for hydroxylation is 1. The second kappa shape index (κ2) is 14.5.